The number of rotatable bonds is 6. The second-order valence-electron chi connectivity index (χ2n) is 6.42. The van der Waals surface area contributed by atoms with Gasteiger partial charge in [0, 0.05) is 11.5 Å². The molecule has 0 spiro atoms. The second-order valence-corrected chi connectivity index (χ2v) is 6.42. The Morgan fingerprint density at radius 1 is 1.29 bits per heavy atom. The maximum Gasteiger partial charge on any atom is 0.271 e. The van der Waals surface area contributed by atoms with Crippen molar-refractivity contribution in [2.75, 3.05) is 19.6 Å². The normalized spacial score (nSPS) is 20.8. The van der Waals surface area contributed by atoms with Crippen molar-refractivity contribution in [3.05, 3.63) is 17.0 Å². The van der Waals surface area contributed by atoms with E-state index in [0.29, 0.717) is 17.5 Å². The lowest BCUT2D eigenvalue weighted by Crippen LogP contribution is -2.34. The minimum Gasteiger partial charge on any atom is -0.364 e. The zero-order chi connectivity index (χ0) is 14.8. The third-order valence-electron chi connectivity index (χ3n) is 4.76. The van der Waals surface area contributed by atoms with Gasteiger partial charge < -0.3 is 15.2 Å². The third kappa shape index (κ3) is 3.12. The number of unbranched alkanes of at least 4 members (excludes halogenated alkanes) is 1. The molecule has 0 aromatic carbocycles. The molecule has 1 aromatic rings. The quantitative estimate of drug-likeness (QED) is 0.874. The second kappa shape index (κ2) is 6.18. The highest BCUT2D eigenvalue weighted by Gasteiger charge is 2.37. The first-order chi connectivity index (χ1) is 10.2. The Labute approximate surface area is 125 Å². The molecule has 0 radical (unpaired) electrons. The van der Waals surface area contributed by atoms with Crippen molar-refractivity contribution in [2.45, 2.75) is 57.3 Å². The molecule has 21 heavy (non-hydrogen) atoms. The lowest BCUT2D eigenvalue weighted by atomic mass is 9.86. The number of hydrogen-bond acceptors (Lipinski definition) is 4. The van der Waals surface area contributed by atoms with Gasteiger partial charge in [-0.05, 0) is 57.7 Å². The predicted octanol–water partition coefficient (Wildman–Crippen LogP) is 2.63. The summed E-state index contributed by atoms with van der Waals surface area (Å²) in [4.78, 5) is 14.1. The Morgan fingerprint density at radius 3 is 2.57 bits per heavy atom. The number of amides is 1. The zero-order valence-corrected chi connectivity index (χ0v) is 12.8. The fraction of sp³-hybridized carbons (Fsp3) is 0.750. The Balaban J connectivity index is 1.72. The lowest BCUT2D eigenvalue weighted by Gasteiger charge is -2.32. The summed E-state index contributed by atoms with van der Waals surface area (Å²) in [5.74, 6) is 1.34. The number of carbonyl (C=O) groups excluding carboxylic acids is 1. The summed E-state index contributed by atoms with van der Waals surface area (Å²) in [7, 11) is 0. The Bertz CT molecular complexity index is 500. The molecule has 5 heteroatoms. The van der Waals surface area contributed by atoms with Gasteiger partial charge in [-0.2, -0.15) is 0 Å². The number of aromatic nitrogens is 1. The molecular weight excluding hydrogens is 266 g/mol. The van der Waals surface area contributed by atoms with Gasteiger partial charge in [0.2, 0.25) is 0 Å². The van der Waals surface area contributed by atoms with Gasteiger partial charge in [0.1, 0.15) is 5.76 Å². The van der Waals surface area contributed by atoms with Crippen LogP contribution in [0.2, 0.25) is 0 Å². The van der Waals surface area contributed by atoms with Gasteiger partial charge >= 0.3 is 0 Å². The molecule has 1 amide bonds. The van der Waals surface area contributed by atoms with Crippen LogP contribution in [-0.4, -0.2) is 35.6 Å². The topological polar surface area (TPSA) is 72.4 Å². The molecule has 1 saturated heterocycles. The molecule has 2 fully saturated rings. The van der Waals surface area contributed by atoms with E-state index in [0.717, 1.165) is 50.1 Å². The zero-order valence-electron chi connectivity index (χ0n) is 12.8. The van der Waals surface area contributed by atoms with E-state index in [2.05, 4.69) is 17.0 Å². The lowest BCUT2D eigenvalue weighted by molar-refractivity contribution is 0.0989. The van der Waals surface area contributed by atoms with Crippen molar-refractivity contribution < 1.29 is 9.32 Å². The Morgan fingerprint density at radius 2 is 2.00 bits per heavy atom. The predicted molar refractivity (Wildman–Crippen MR) is 80.3 cm³/mol. The number of nitrogens with two attached hydrogens (primary N) is 1. The maximum atomic E-state index is 11.6. The Kier molecular flexibility index (Phi) is 4.29. The van der Waals surface area contributed by atoms with Gasteiger partial charge in [-0.25, -0.2) is 0 Å². The van der Waals surface area contributed by atoms with Crippen LogP contribution < -0.4 is 5.73 Å². The molecule has 0 unspecified atom stereocenters. The van der Waals surface area contributed by atoms with Crippen LogP contribution in [0.4, 0.5) is 0 Å². The van der Waals surface area contributed by atoms with E-state index < -0.39 is 5.91 Å². The van der Waals surface area contributed by atoms with Gasteiger partial charge in [0.25, 0.3) is 5.91 Å². The molecule has 0 atom stereocenters. The fourth-order valence-electron chi connectivity index (χ4n) is 3.35. The van der Waals surface area contributed by atoms with Crippen LogP contribution in [0.5, 0.6) is 0 Å². The van der Waals surface area contributed by atoms with Crippen LogP contribution in [-0.2, 0) is 0 Å². The third-order valence-corrected chi connectivity index (χ3v) is 4.76. The first-order valence-electron chi connectivity index (χ1n) is 8.22. The SMILES string of the molecule is CCCCN1CCC(c2c(C(N)=O)noc2C2CC2)CC1. The van der Waals surface area contributed by atoms with Gasteiger partial charge in [0.05, 0.1) is 0 Å². The number of hydrogen-bond donors (Lipinski definition) is 1. The highest BCUT2D eigenvalue weighted by molar-refractivity contribution is 5.92. The van der Waals surface area contributed by atoms with Crippen molar-refractivity contribution in [3.8, 4) is 0 Å². The van der Waals surface area contributed by atoms with E-state index in [1.165, 1.54) is 19.4 Å². The minimum absolute atomic E-state index is 0.379. The largest absolute Gasteiger partial charge is 0.364 e. The molecule has 1 aliphatic heterocycles. The van der Waals surface area contributed by atoms with Crippen LogP contribution in [0.3, 0.4) is 0 Å². The summed E-state index contributed by atoms with van der Waals surface area (Å²) in [6.07, 6.45) is 6.95. The van der Waals surface area contributed by atoms with Crippen molar-refractivity contribution in [1.82, 2.24) is 10.1 Å². The van der Waals surface area contributed by atoms with Gasteiger partial charge in [-0.1, -0.05) is 18.5 Å². The standard InChI is InChI=1S/C16H25N3O2/c1-2-3-8-19-9-6-11(7-10-19)13-14(16(17)20)18-21-15(13)12-4-5-12/h11-12H,2-10H2,1H3,(H2,17,20). The molecule has 116 valence electrons. The minimum atomic E-state index is -0.450. The number of carbonyl (C=O) groups is 1. The molecule has 3 rings (SSSR count). The van der Waals surface area contributed by atoms with Crippen LogP contribution in [0.1, 0.15) is 79.1 Å². The fourth-order valence-corrected chi connectivity index (χ4v) is 3.35. The smallest absolute Gasteiger partial charge is 0.271 e. The number of likely N-dealkylation sites (tertiary alicyclic amines) is 1. The van der Waals surface area contributed by atoms with E-state index in [-0.39, 0.29) is 0 Å². The molecule has 2 heterocycles. The van der Waals surface area contributed by atoms with Crippen molar-refractivity contribution in [3.63, 3.8) is 0 Å². The molecule has 2 aliphatic rings. The average molecular weight is 291 g/mol. The van der Waals surface area contributed by atoms with Crippen LogP contribution in [0.25, 0.3) is 0 Å². The highest BCUT2D eigenvalue weighted by Crippen LogP contribution is 2.46. The van der Waals surface area contributed by atoms with E-state index in [4.69, 9.17) is 10.3 Å². The molecule has 1 aromatic heterocycles. The van der Waals surface area contributed by atoms with Crippen LogP contribution in [0.15, 0.2) is 4.52 Å². The molecule has 5 nitrogen and oxygen atoms in total. The van der Waals surface area contributed by atoms with E-state index in [9.17, 15) is 4.79 Å². The van der Waals surface area contributed by atoms with Crippen LogP contribution in [0, 0.1) is 0 Å². The Hall–Kier alpha value is -1.36. The summed E-state index contributed by atoms with van der Waals surface area (Å²) in [5.41, 5.74) is 6.88. The number of primary amides is 1. The van der Waals surface area contributed by atoms with E-state index >= 15 is 0 Å². The summed E-state index contributed by atoms with van der Waals surface area (Å²) < 4.78 is 5.46. The summed E-state index contributed by atoms with van der Waals surface area (Å²) >= 11 is 0. The summed E-state index contributed by atoms with van der Waals surface area (Å²) in [5, 5.41) is 3.96. The van der Waals surface area contributed by atoms with Gasteiger partial charge in [0.15, 0.2) is 5.69 Å². The molecule has 1 aliphatic carbocycles. The molecule has 1 saturated carbocycles. The highest BCUT2D eigenvalue weighted by atomic mass is 16.5. The molecule has 0 bridgehead atoms. The van der Waals surface area contributed by atoms with Crippen molar-refractivity contribution in [1.29, 1.82) is 0 Å². The molecular formula is C16H25N3O2. The summed E-state index contributed by atoms with van der Waals surface area (Å²) in [6.45, 7) is 5.60. The summed E-state index contributed by atoms with van der Waals surface area (Å²) in [6, 6.07) is 0. The van der Waals surface area contributed by atoms with Crippen molar-refractivity contribution >= 4 is 5.91 Å². The van der Waals surface area contributed by atoms with Crippen molar-refractivity contribution in [2.24, 2.45) is 5.73 Å². The van der Waals surface area contributed by atoms with E-state index in [1.807, 2.05) is 0 Å². The first kappa shape index (κ1) is 14.6. The van der Waals surface area contributed by atoms with Crippen LogP contribution >= 0.6 is 0 Å². The van der Waals surface area contributed by atoms with Gasteiger partial charge in [-0.15, -0.1) is 0 Å². The monoisotopic (exact) mass is 291 g/mol. The molecule has 2 N–H and O–H groups in total. The number of nitrogens with zero attached hydrogens (tertiary/aromatic N) is 2. The van der Waals surface area contributed by atoms with Gasteiger partial charge in [-0.3, -0.25) is 4.79 Å². The maximum absolute atomic E-state index is 11.6. The number of piperidine rings is 1. The van der Waals surface area contributed by atoms with E-state index in [1.54, 1.807) is 0 Å². The first-order valence-corrected chi connectivity index (χ1v) is 8.22. The average Bonchev–Trinajstić information content (AvgIpc) is 3.24.